The summed E-state index contributed by atoms with van der Waals surface area (Å²) in [5.74, 6) is 0.920. The molecule has 2 fully saturated rings. The Morgan fingerprint density at radius 2 is 2.25 bits per heavy atom. The first kappa shape index (κ1) is 15.4. The van der Waals surface area contributed by atoms with Gasteiger partial charge in [0.25, 0.3) is 5.91 Å². The number of carbonyl (C=O) groups excluding carboxylic acids is 1. The van der Waals surface area contributed by atoms with E-state index in [1.54, 1.807) is 23.8 Å². The Morgan fingerprint density at radius 1 is 1.38 bits per heavy atom. The van der Waals surface area contributed by atoms with E-state index in [0.29, 0.717) is 30.7 Å². The third-order valence-electron chi connectivity index (χ3n) is 4.65. The van der Waals surface area contributed by atoms with Gasteiger partial charge in [0, 0.05) is 36.8 Å². The molecule has 1 aliphatic heterocycles. The lowest BCUT2D eigenvalue weighted by molar-refractivity contribution is -0.0603. The van der Waals surface area contributed by atoms with Gasteiger partial charge in [-0.05, 0) is 30.4 Å². The number of ether oxygens (including phenoxy) is 1. The minimum atomic E-state index is -0.0398. The number of rotatable bonds is 4. The number of fused-ring (bicyclic) bond motifs is 1. The third kappa shape index (κ3) is 2.96. The van der Waals surface area contributed by atoms with Gasteiger partial charge in [-0.3, -0.25) is 4.79 Å². The molecule has 126 valence electrons. The summed E-state index contributed by atoms with van der Waals surface area (Å²) < 4.78 is 9.78. The first-order valence-electron chi connectivity index (χ1n) is 8.03. The highest BCUT2D eigenvalue weighted by Gasteiger charge is 2.44. The molecule has 2 aliphatic rings. The fraction of sp³-hybridized carbons (Fsp3) is 0.533. The van der Waals surface area contributed by atoms with Crippen LogP contribution >= 0.6 is 11.5 Å². The molecule has 24 heavy (non-hydrogen) atoms. The maximum atomic E-state index is 12.6. The van der Waals surface area contributed by atoms with E-state index >= 15 is 0 Å². The molecule has 0 spiro atoms. The zero-order chi connectivity index (χ0) is 16.4. The predicted molar refractivity (Wildman–Crippen MR) is 87.7 cm³/mol. The third-order valence-corrected chi connectivity index (χ3v) is 5.15. The first-order chi connectivity index (χ1) is 11.8. The van der Waals surface area contributed by atoms with Crippen LogP contribution in [0.4, 0.5) is 5.95 Å². The molecule has 2 aromatic rings. The van der Waals surface area contributed by atoms with Crippen molar-refractivity contribution in [1.82, 2.24) is 24.5 Å². The Morgan fingerprint density at radius 3 is 3.04 bits per heavy atom. The summed E-state index contributed by atoms with van der Waals surface area (Å²) in [6.07, 6.45) is 5.42. The molecule has 4 rings (SSSR count). The SMILES string of the molecule is O=C(c1csnn1)N1CCO[C@@H]2[C@@H](CNc3ncccn3)CC[C@@H]21. The van der Waals surface area contributed by atoms with E-state index in [1.165, 1.54) is 11.5 Å². The summed E-state index contributed by atoms with van der Waals surface area (Å²) in [6, 6.07) is 1.90. The number of nitrogens with one attached hydrogen (secondary N) is 1. The summed E-state index contributed by atoms with van der Waals surface area (Å²) in [7, 11) is 0. The first-order valence-corrected chi connectivity index (χ1v) is 8.87. The average molecular weight is 346 g/mol. The van der Waals surface area contributed by atoms with Crippen LogP contribution in [0.1, 0.15) is 23.3 Å². The van der Waals surface area contributed by atoms with Gasteiger partial charge < -0.3 is 15.0 Å². The summed E-state index contributed by atoms with van der Waals surface area (Å²) in [4.78, 5) is 22.9. The van der Waals surface area contributed by atoms with Crippen LogP contribution in [0.5, 0.6) is 0 Å². The Labute approximate surface area is 143 Å². The quantitative estimate of drug-likeness (QED) is 0.885. The normalized spacial score (nSPS) is 26.2. The van der Waals surface area contributed by atoms with E-state index in [4.69, 9.17) is 4.74 Å². The van der Waals surface area contributed by atoms with E-state index in [-0.39, 0.29) is 18.1 Å². The molecule has 1 N–H and O–H groups in total. The fourth-order valence-electron chi connectivity index (χ4n) is 3.55. The van der Waals surface area contributed by atoms with Gasteiger partial charge in [0.15, 0.2) is 5.69 Å². The number of nitrogens with zero attached hydrogens (tertiary/aromatic N) is 5. The average Bonchev–Trinajstić information content (AvgIpc) is 3.30. The molecule has 1 aliphatic carbocycles. The van der Waals surface area contributed by atoms with Gasteiger partial charge in [-0.25, -0.2) is 9.97 Å². The van der Waals surface area contributed by atoms with Crippen molar-refractivity contribution in [3.63, 3.8) is 0 Å². The van der Waals surface area contributed by atoms with Gasteiger partial charge in [-0.15, -0.1) is 5.10 Å². The molecule has 3 heterocycles. The summed E-state index contributed by atoms with van der Waals surface area (Å²) in [5.41, 5.74) is 0.430. The van der Waals surface area contributed by atoms with Crippen molar-refractivity contribution >= 4 is 23.4 Å². The van der Waals surface area contributed by atoms with Crippen LogP contribution in [0.2, 0.25) is 0 Å². The Bertz CT molecular complexity index is 683. The van der Waals surface area contributed by atoms with E-state index in [9.17, 15) is 4.79 Å². The van der Waals surface area contributed by atoms with Crippen molar-refractivity contribution in [2.24, 2.45) is 5.92 Å². The number of aromatic nitrogens is 4. The van der Waals surface area contributed by atoms with Crippen LogP contribution in [0.15, 0.2) is 23.8 Å². The van der Waals surface area contributed by atoms with E-state index in [2.05, 4.69) is 24.9 Å². The van der Waals surface area contributed by atoms with Gasteiger partial charge in [-0.2, -0.15) is 0 Å². The zero-order valence-corrected chi connectivity index (χ0v) is 13.9. The highest BCUT2D eigenvalue weighted by molar-refractivity contribution is 7.03. The van der Waals surface area contributed by atoms with Gasteiger partial charge in [-0.1, -0.05) is 4.49 Å². The monoisotopic (exact) mass is 346 g/mol. The van der Waals surface area contributed by atoms with E-state index in [0.717, 1.165) is 19.4 Å². The lowest BCUT2D eigenvalue weighted by Gasteiger charge is -2.39. The fourth-order valence-corrected chi connectivity index (χ4v) is 3.98. The van der Waals surface area contributed by atoms with E-state index < -0.39 is 0 Å². The summed E-state index contributed by atoms with van der Waals surface area (Å²) in [6.45, 7) is 1.91. The second kappa shape index (κ2) is 6.78. The molecule has 1 saturated heterocycles. The highest BCUT2D eigenvalue weighted by Crippen LogP contribution is 2.35. The molecular formula is C15H18N6O2S. The molecule has 0 bridgehead atoms. The Balaban J connectivity index is 1.42. The Hall–Kier alpha value is -2.13. The standard InChI is InChI=1S/C15H18N6O2S/c22-14(11-9-24-20-19-11)21-6-7-23-13-10(2-3-12(13)21)8-18-15-16-4-1-5-17-15/h1,4-5,9-10,12-13H,2-3,6-8H2,(H,16,17,18)/t10-,12+,13-/m1/s1. The molecular weight excluding hydrogens is 328 g/mol. The number of hydrogen-bond donors (Lipinski definition) is 1. The van der Waals surface area contributed by atoms with Crippen LogP contribution in [0.3, 0.4) is 0 Å². The topological polar surface area (TPSA) is 93.1 Å². The van der Waals surface area contributed by atoms with Crippen molar-refractivity contribution in [1.29, 1.82) is 0 Å². The summed E-state index contributed by atoms with van der Waals surface area (Å²) in [5, 5.41) is 8.88. The van der Waals surface area contributed by atoms with Crippen LogP contribution in [-0.2, 0) is 4.74 Å². The smallest absolute Gasteiger partial charge is 0.275 e. The highest BCUT2D eigenvalue weighted by atomic mass is 32.1. The molecule has 9 heteroatoms. The minimum Gasteiger partial charge on any atom is -0.374 e. The van der Waals surface area contributed by atoms with Gasteiger partial charge in [0.05, 0.1) is 18.8 Å². The lowest BCUT2D eigenvalue weighted by Crippen LogP contribution is -2.53. The van der Waals surface area contributed by atoms with Crippen LogP contribution in [0, 0.1) is 5.92 Å². The molecule has 1 amide bonds. The zero-order valence-electron chi connectivity index (χ0n) is 13.0. The van der Waals surface area contributed by atoms with E-state index in [1.807, 2.05) is 4.90 Å². The van der Waals surface area contributed by atoms with Gasteiger partial charge in [0.2, 0.25) is 5.95 Å². The minimum absolute atomic E-state index is 0.0398. The van der Waals surface area contributed by atoms with Crippen LogP contribution < -0.4 is 5.32 Å². The van der Waals surface area contributed by atoms with Gasteiger partial charge in [0.1, 0.15) is 0 Å². The lowest BCUT2D eigenvalue weighted by atomic mass is 10.0. The number of morpholine rings is 1. The number of carbonyl (C=O) groups is 1. The van der Waals surface area contributed by atoms with Crippen LogP contribution in [0.25, 0.3) is 0 Å². The summed E-state index contributed by atoms with van der Waals surface area (Å²) >= 11 is 1.20. The number of hydrogen-bond acceptors (Lipinski definition) is 8. The molecule has 0 aromatic carbocycles. The second-order valence-electron chi connectivity index (χ2n) is 5.98. The predicted octanol–water partition coefficient (Wildman–Crippen LogP) is 1.06. The van der Waals surface area contributed by atoms with Gasteiger partial charge >= 0.3 is 0 Å². The van der Waals surface area contributed by atoms with Crippen LogP contribution in [-0.4, -0.2) is 62.2 Å². The molecule has 0 unspecified atom stereocenters. The van der Waals surface area contributed by atoms with Crippen molar-refractivity contribution < 1.29 is 9.53 Å². The van der Waals surface area contributed by atoms with Crippen molar-refractivity contribution in [3.05, 3.63) is 29.5 Å². The molecule has 3 atom stereocenters. The Kier molecular flexibility index (Phi) is 4.35. The maximum Gasteiger partial charge on any atom is 0.275 e. The molecule has 1 saturated carbocycles. The second-order valence-corrected chi connectivity index (χ2v) is 6.59. The van der Waals surface area contributed by atoms with Crippen molar-refractivity contribution in [2.75, 3.05) is 25.0 Å². The van der Waals surface area contributed by atoms with Crippen molar-refractivity contribution in [3.8, 4) is 0 Å². The maximum absolute atomic E-state index is 12.6. The number of anilines is 1. The molecule has 2 aromatic heterocycles. The molecule has 8 nitrogen and oxygen atoms in total. The largest absolute Gasteiger partial charge is 0.374 e. The number of amides is 1. The van der Waals surface area contributed by atoms with Crippen molar-refractivity contribution in [2.45, 2.75) is 25.0 Å². The molecule has 0 radical (unpaired) electrons.